The molecule has 0 saturated carbocycles. The lowest BCUT2D eigenvalue weighted by Crippen LogP contribution is -2.47. The van der Waals surface area contributed by atoms with Crippen LogP contribution in [-0.2, 0) is 25.8 Å². The van der Waals surface area contributed by atoms with E-state index in [1.807, 2.05) is 30.3 Å². The minimum Gasteiger partial charge on any atom is -0.506 e. The predicted molar refractivity (Wildman–Crippen MR) is 135 cm³/mol. The normalized spacial score (nSPS) is 11.9. The predicted octanol–water partition coefficient (Wildman–Crippen LogP) is 2.78. The SMILES string of the molecule is O=c1[nH]c2c(O)ccc(CC(O)(O)NCCc3ccccc3CNCCc3ccccc3F)c2s1. The van der Waals surface area contributed by atoms with E-state index >= 15 is 0 Å². The number of rotatable bonds is 11. The lowest BCUT2D eigenvalue weighted by atomic mass is 10.0. The van der Waals surface area contributed by atoms with Gasteiger partial charge in [-0.3, -0.25) is 10.1 Å². The van der Waals surface area contributed by atoms with Gasteiger partial charge in [0.15, 0.2) is 0 Å². The summed E-state index contributed by atoms with van der Waals surface area (Å²) in [7, 11) is 0. The summed E-state index contributed by atoms with van der Waals surface area (Å²) in [6.07, 6.45) is 1.00. The van der Waals surface area contributed by atoms with Gasteiger partial charge in [-0.2, -0.15) is 0 Å². The van der Waals surface area contributed by atoms with Crippen molar-refractivity contribution in [1.29, 1.82) is 0 Å². The molecule has 0 unspecified atom stereocenters. The Balaban J connectivity index is 1.31. The molecule has 0 atom stereocenters. The third-order valence-corrected chi connectivity index (χ3v) is 6.80. The molecular formula is C26H28FN3O4S. The van der Waals surface area contributed by atoms with Crippen molar-refractivity contribution < 1.29 is 19.7 Å². The number of halogens is 1. The van der Waals surface area contributed by atoms with Crippen molar-refractivity contribution in [2.24, 2.45) is 0 Å². The first-order valence-corrected chi connectivity index (χ1v) is 12.2. The molecule has 1 heterocycles. The minimum absolute atomic E-state index is 0.0596. The summed E-state index contributed by atoms with van der Waals surface area (Å²) < 4.78 is 14.3. The van der Waals surface area contributed by atoms with Gasteiger partial charge in [-0.15, -0.1) is 0 Å². The Labute approximate surface area is 205 Å². The van der Waals surface area contributed by atoms with E-state index in [2.05, 4.69) is 15.6 Å². The van der Waals surface area contributed by atoms with E-state index in [1.165, 1.54) is 12.1 Å². The van der Waals surface area contributed by atoms with Crippen LogP contribution in [0, 0.1) is 5.82 Å². The number of H-pyrrole nitrogens is 1. The molecule has 0 aliphatic carbocycles. The first-order valence-electron chi connectivity index (χ1n) is 11.4. The van der Waals surface area contributed by atoms with E-state index in [9.17, 15) is 24.5 Å². The zero-order valence-corrected chi connectivity index (χ0v) is 19.9. The standard InChI is InChI=1S/C26H28FN3O4S/c27-21-8-4-3-6-18(21)11-13-28-16-20-7-2-1-5-17(20)12-14-29-26(33,34)15-19-9-10-22(31)23-24(19)35-25(32)30-23/h1-10,28-29,31,33-34H,11-16H2,(H,30,32). The third-order valence-electron chi connectivity index (χ3n) is 5.84. The van der Waals surface area contributed by atoms with Crippen molar-refractivity contribution in [3.8, 4) is 5.75 Å². The van der Waals surface area contributed by atoms with Crippen LogP contribution in [0.2, 0.25) is 0 Å². The maximum atomic E-state index is 13.8. The highest BCUT2D eigenvalue weighted by Gasteiger charge is 2.25. The van der Waals surface area contributed by atoms with Gasteiger partial charge < -0.3 is 25.6 Å². The molecule has 4 rings (SSSR count). The van der Waals surface area contributed by atoms with E-state index in [0.717, 1.165) is 22.5 Å². The smallest absolute Gasteiger partial charge is 0.305 e. The number of phenols is 1. The summed E-state index contributed by atoms with van der Waals surface area (Å²) in [5.74, 6) is -2.45. The molecule has 0 saturated heterocycles. The summed E-state index contributed by atoms with van der Waals surface area (Å²) in [5, 5.41) is 37.1. The van der Waals surface area contributed by atoms with E-state index in [0.29, 0.717) is 53.8 Å². The number of aliphatic hydroxyl groups is 2. The van der Waals surface area contributed by atoms with Gasteiger partial charge in [-0.1, -0.05) is 59.9 Å². The summed E-state index contributed by atoms with van der Waals surface area (Å²) in [6, 6.07) is 17.6. The fraction of sp³-hybridized carbons (Fsp3) is 0.269. The average Bonchev–Trinajstić information content (AvgIpc) is 3.23. The van der Waals surface area contributed by atoms with Crippen molar-refractivity contribution in [2.75, 3.05) is 13.1 Å². The number of fused-ring (bicyclic) bond motifs is 1. The monoisotopic (exact) mass is 497 g/mol. The highest BCUT2D eigenvalue weighted by atomic mass is 32.1. The van der Waals surface area contributed by atoms with Crippen LogP contribution in [0.4, 0.5) is 4.39 Å². The molecule has 0 fully saturated rings. The largest absolute Gasteiger partial charge is 0.506 e. The van der Waals surface area contributed by atoms with Crippen LogP contribution in [0.5, 0.6) is 5.75 Å². The average molecular weight is 498 g/mol. The van der Waals surface area contributed by atoms with E-state index in [4.69, 9.17) is 0 Å². The molecule has 184 valence electrons. The lowest BCUT2D eigenvalue weighted by Gasteiger charge is -2.24. The quantitative estimate of drug-likeness (QED) is 0.140. The van der Waals surface area contributed by atoms with Crippen LogP contribution in [-0.4, -0.2) is 39.3 Å². The molecule has 6 N–H and O–H groups in total. The maximum Gasteiger partial charge on any atom is 0.305 e. The number of phenolic OH excluding ortho intramolecular Hbond substituents is 1. The Morgan fingerprint density at radius 3 is 2.34 bits per heavy atom. The van der Waals surface area contributed by atoms with Crippen LogP contribution in [0.1, 0.15) is 22.3 Å². The molecule has 0 amide bonds. The van der Waals surface area contributed by atoms with E-state index < -0.39 is 5.91 Å². The zero-order valence-electron chi connectivity index (χ0n) is 19.1. The molecule has 0 bridgehead atoms. The second-order valence-electron chi connectivity index (χ2n) is 8.42. The van der Waals surface area contributed by atoms with Crippen molar-refractivity contribution in [3.05, 3.63) is 98.4 Å². The van der Waals surface area contributed by atoms with E-state index in [-0.39, 0.29) is 22.9 Å². The molecule has 4 aromatic rings. The molecule has 0 aliphatic heterocycles. The molecular weight excluding hydrogens is 469 g/mol. The first kappa shape index (κ1) is 25.0. The van der Waals surface area contributed by atoms with Crippen LogP contribution in [0.25, 0.3) is 10.2 Å². The number of thiazole rings is 1. The van der Waals surface area contributed by atoms with Gasteiger partial charge in [0.2, 0.25) is 5.91 Å². The fourth-order valence-corrected chi connectivity index (χ4v) is 4.93. The van der Waals surface area contributed by atoms with Crippen molar-refractivity contribution in [3.63, 3.8) is 0 Å². The molecule has 1 aromatic heterocycles. The van der Waals surface area contributed by atoms with Crippen LogP contribution < -0.4 is 15.5 Å². The Bertz CT molecular complexity index is 1350. The molecule has 35 heavy (non-hydrogen) atoms. The van der Waals surface area contributed by atoms with Gasteiger partial charge in [-0.25, -0.2) is 4.39 Å². The number of hydrogen-bond acceptors (Lipinski definition) is 7. The summed E-state index contributed by atoms with van der Waals surface area (Å²) in [6.45, 7) is 1.56. The Hall–Kier alpha value is -3.08. The second-order valence-corrected chi connectivity index (χ2v) is 9.40. The lowest BCUT2D eigenvalue weighted by molar-refractivity contribution is -0.183. The fourth-order valence-electron chi connectivity index (χ4n) is 4.06. The highest BCUT2D eigenvalue weighted by Crippen LogP contribution is 2.29. The van der Waals surface area contributed by atoms with Crippen molar-refractivity contribution >= 4 is 21.6 Å². The number of aromatic nitrogens is 1. The topological polar surface area (TPSA) is 118 Å². The number of hydrogen-bond donors (Lipinski definition) is 6. The van der Waals surface area contributed by atoms with Gasteiger partial charge in [0.25, 0.3) is 0 Å². The van der Waals surface area contributed by atoms with E-state index in [1.54, 1.807) is 18.2 Å². The van der Waals surface area contributed by atoms with Crippen LogP contribution in [0.3, 0.4) is 0 Å². The molecule has 0 spiro atoms. The van der Waals surface area contributed by atoms with Gasteiger partial charge in [-0.05, 0) is 53.8 Å². The molecule has 9 heteroatoms. The highest BCUT2D eigenvalue weighted by molar-refractivity contribution is 7.16. The number of aromatic hydroxyl groups is 1. The number of benzene rings is 3. The Morgan fingerprint density at radius 1 is 0.886 bits per heavy atom. The number of aromatic amines is 1. The Kier molecular flexibility index (Phi) is 7.94. The zero-order chi connectivity index (χ0) is 24.8. The minimum atomic E-state index is -2.19. The maximum absolute atomic E-state index is 13.8. The van der Waals surface area contributed by atoms with Crippen molar-refractivity contribution in [1.82, 2.24) is 15.6 Å². The van der Waals surface area contributed by atoms with Gasteiger partial charge >= 0.3 is 4.87 Å². The van der Waals surface area contributed by atoms with Crippen LogP contribution >= 0.6 is 11.3 Å². The van der Waals surface area contributed by atoms with Gasteiger partial charge in [0.05, 0.1) is 4.70 Å². The van der Waals surface area contributed by atoms with Crippen molar-refractivity contribution in [2.45, 2.75) is 31.7 Å². The third kappa shape index (κ3) is 6.53. The molecule has 3 aromatic carbocycles. The molecule has 0 radical (unpaired) electrons. The van der Waals surface area contributed by atoms with Crippen LogP contribution in [0.15, 0.2) is 65.5 Å². The molecule has 0 aliphatic rings. The second kappa shape index (κ2) is 11.1. The van der Waals surface area contributed by atoms with Gasteiger partial charge in [0, 0.05) is 19.5 Å². The summed E-state index contributed by atoms with van der Waals surface area (Å²) in [4.78, 5) is 13.9. The summed E-state index contributed by atoms with van der Waals surface area (Å²) in [5.41, 5.74) is 3.66. The summed E-state index contributed by atoms with van der Waals surface area (Å²) >= 11 is 0.916. The van der Waals surface area contributed by atoms with Gasteiger partial charge in [0.1, 0.15) is 17.1 Å². The number of nitrogens with one attached hydrogen (secondary N) is 3. The molecule has 7 nitrogen and oxygen atoms in total. The Morgan fingerprint density at radius 2 is 1.57 bits per heavy atom. The first-order chi connectivity index (χ1) is 16.8.